The minimum Gasteiger partial charge on any atom is -0.359 e. The molecular weight excluding hydrogens is 430 g/mol. The Morgan fingerprint density at radius 1 is 1.34 bits per heavy atom. The van der Waals surface area contributed by atoms with Crippen LogP contribution < -0.4 is 10.6 Å². The average molecular weight is 452 g/mol. The number of fused-ring (bicyclic) bond motifs is 1. The van der Waals surface area contributed by atoms with E-state index < -0.39 is 0 Å². The molecule has 0 spiro atoms. The van der Waals surface area contributed by atoms with Gasteiger partial charge in [0.05, 0.1) is 34.5 Å². The van der Waals surface area contributed by atoms with Crippen LogP contribution in [0.4, 0.5) is 5.95 Å². The molecule has 32 heavy (non-hydrogen) atoms. The van der Waals surface area contributed by atoms with Crippen LogP contribution in [0.3, 0.4) is 0 Å². The first-order valence-electron chi connectivity index (χ1n) is 10.3. The Bertz CT molecular complexity index is 1210. The predicted molar refractivity (Wildman–Crippen MR) is 121 cm³/mol. The highest BCUT2D eigenvalue weighted by Gasteiger charge is 2.23. The number of likely N-dealkylation sites (tertiary alicyclic amines) is 1. The number of hydrogen-bond donors (Lipinski definition) is 3. The van der Waals surface area contributed by atoms with E-state index in [9.17, 15) is 14.9 Å². The van der Waals surface area contributed by atoms with E-state index in [0.29, 0.717) is 35.3 Å². The van der Waals surface area contributed by atoms with Gasteiger partial charge in [0.15, 0.2) is 0 Å². The molecule has 0 atom stereocenters. The maximum Gasteiger partial charge on any atom is 0.241 e. The number of rotatable bonds is 5. The number of hydrogen-bond acceptors (Lipinski definition) is 6. The van der Waals surface area contributed by atoms with Gasteiger partial charge in [0.1, 0.15) is 6.07 Å². The molecule has 0 bridgehead atoms. The fourth-order valence-corrected chi connectivity index (χ4v) is 4.03. The molecule has 3 heterocycles. The second-order valence-corrected chi connectivity index (χ2v) is 8.05. The Hall–Kier alpha value is -3.64. The lowest BCUT2D eigenvalue weighted by atomic mass is 10.1. The van der Waals surface area contributed by atoms with Crippen LogP contribution in [0.2, 0.25) is 5.02 Å². The van der Waals surface area contributed by atoms with E-state index in [4.69, 9.17) is 11.6 Å². The van der Waals surface area contributed by atoms with E-state index in [2.05, 4.69) is 31.7 Å². The number of halogens is 1. The van der Waals surface area contributed by atoms with Gasteiger partial charge in [0.25, 0.3) is 0 Å². The monoisotopic (exact) mass is 451 g/mol. The van der Waals surface area contributed by atoms with E-state index in [1.165, 1.54) is 6.92 Å². The van der Waals surface area contributed by atoms with Crippen LogP contribution in [-0.4, -0.2) is 57.3 Å². The van der Waals surface area contributed by atoms with Gasteiger partial charge in [0.2, 0.25) is 17.8 Å². The maximum absolute atomic E-state index is 12.2. The van der Waals surface area contributed by atoms with Gasteiger partial charge in [-0.1, -0.05) is 23.7 Å². The Labute approximate surface area is 189 Å². The van der Waals surface area contributed by atoms with Gasteiger partial charge < -0.3 is 20.5 Å². The van der Waals surface area contributed by atoms with Crippen molar-refractivity contribution >= 4 is 40.3 Å². The maximum atomic E-state index is 12.2. The quantitative estimate of drug-likeness (QED) is 0.547. The molecule has 0 aliphatic carbocycles. The summed E-state index contributed by atoms with van der Waals surface area (Å²) in [5, 5.41) is 16.5. The number of aromatic nitrogens is 3. The van der Waals surface area contributed by atoms with Crippen LogP contribution in [0.15, 0.2) is 30.6 Å². The first kappa shape index (κ1) is 21.6. The number of nitriles is 1. The molecule has 4 rings (SSSR count). The predicted octanol–water partition coefficient (Wildman–Crippen LogP) is 2.69. The number of benzene rings is 1. The zero-order valence-electron chi connectivity index (χ0n) is 17.5. The molecule has 1 saturated heterocycles. The third-order valence-corrected chi connectivity index (χ3v) is 5.78. The Kier molecular flexibility index (Phi) is 6.23. The van der Waals surface area contributed by atoms with Crippen molar-refractivity contribution in [1.29, 1.82) is 5.26 Å². The first-order valence-corrected chi connectivity index (χ1v) is 10.7. The number of nitrogens with one attached hydrogen (secondary N) is 3. The van der Waals surface area contributed by atoms with Crippen molar-refractivity contribution in [1.82, 2.24) is 25.2 Å². The van der Waals surface area contributed by atoms with Crippen molar-refractivity contribution in [2.45, 2.75) is 25.8 Å². The number of amides is 2. The fraction of sp³-hybridized carbons (Fsp3) is 0.318. The highest BCUT2D eigenvalue weighted by atomic mass is 35.5. The van der Waals surface area contributed by atoms with Crippen LogP contribution in [0.25, 0.3) is 22.2 Å². The number of aromatic amines is 1. The lowest BCUT2D eigenvalue weighted by molar-refractivity contribution is -0.133. The van der Waals surface area contributed by atoms with E-state index in [1.807, 2.05) is 12.1 Å². The van der Waals surface area contributed by atoms with Crippen LogP contribution in [0, 0.1) is 11.3 Å². The molecule has 0 unspecified atom stereocenters. The third-order valence-electron chi connectivity index (χ3n) is 5.50. The van der Waals surface area contributed by atoms with Crippen molar-refractivity contribution in [2.24, 2.45) is 0 Å². The number of piperidine rings is 1. The fourth-order valence-electron chi connectivity index (χ4n) is 3.84. The van der Waals surface area contributed by atoms with Crippen molar-refractivity contribution in [3.63, 3.8) is 0 Å². The van der Waals surface area contributed by atoms with E-state index in [0.717, 1.165) is 29.3 Å². The molecule has 9 nitrogen and oxygen atoms in total. The van der Waals surface area contributed by atoms with Crippen LogP contribution >= 0.6 is 11.6 Å². The Morgan fingerprint density at radius 3 is 2.84 bits per heavy atom. The SMILES string of the molecule is CC(=O)NCC(=O)N1CCC(Nc2ncc(Cl)c(-c3c[nH]c4c(C#N)cccc34)n2)CC1. The number of carbonyl (C=O) groups is 2. The lowest BCUT2D eigenvalue weighted by Gasteiger charge is -2.32. The second kappa shape index (κ2) is 9.24. The Morgan fingerprint density at radius 2 is 2.12 bits per heavy atom. The van der Waals surface area contributed by atoms with Crippen molar-refractivity contribution in [2.75, 3.05) is 25.0 Å². The Balaban J connectivity index is 1.46. The summed E-state index contributed by atoms with van der Waals surface area (Å²) in [5.74, 6) is 0.155. The summed E-state index contributed by atoms with van der Waals surface area (Å²) in [6.45, 7) is 2.60. The molecule has 0 saturated carbocycles. The summed E-state index contributed by atoms with van der Waals surface area (Å²) in [6, 6.07) is 7.79. The zero-order chi connectivity index (χ0) is 22.7. The molecule has 10 heteroatoms. The summed E-state index contributed by atoms with van der Waals surface area (Å²) >= 11 is 6.40. The summed E-state index contributed by atoms with van der Waals surface area (Å²) in [5.41, 5.74) is 2.67. The smallest absolute Gasteiger partial charge is 0.241 e. The molecule has 3 aromatic rings. The van der Waals surface area contributed by atoms with Gasteiger partial charge >= 0.3 is 0 Å². The van der Waals surface area contributed by atoms with E-state index >= 15 is 0 Å². The molecular formula is C22H22ClN7O2. The summed E-state index contributed by atoms with van der Waals surface area (Å²) in [4.78, 5) is 37.0. The molecule has 2 aromatic heterocycles. The topological polar surface area (TPSA) is 127 Å². The minimum absolute atomic E-state index is 0.0230. The molecule has 0 radical (unpaired) electrons. The second-order valence-electron chi connectivity index (χ2n) is 7.64. The van der Waals surface area contributed by atoms with Gasteiger partial charge in [0, 0.05) is 43.2 Å². The summed E-state index contributed by atoms with van der Waals surface area (Å²) < 4.78 is 0. The molecule has 1 aromatic carbocycles. The van der Waals surface area contributed by atoms with Gasteiger partial charge in [-0.05, 0) is 18.9 Å². The average Bonchev–Trinajstić information content (AvgIpc) is 3.23. The van der Waals surface area contributed by atoms with E-state index in [1.54, 1.807) is 23.4 Å². The van der Waals surface area contributed by atoms with Crippen molar-refractivity contribution in [3.8, 4) is 17.3 Å². The van der Waals surface area contributed by atoms with Crippen molar-refractivity contribution < 1.29 is 9.59 Å². The summed E-state index contributed by atoms with van der Waals surface area (Å²) in [7, 11) is 0. The van der Waals surface area contributed by atoms with Crippen LogP contribution in [0.1, 0.15) is 25.3 Å². The highest BCUT2D eigenvalue weighted by molar-refractivity contribution is 6.33. The number of nitrogens with zero attached hydrogens (tertiary/aromatic N) is 4. The number of anilines is 1. The van der Waals surface area contributed by atoms with Gasteiger partial charge in [-0.25, -0.2) is 9.97 Å². The lowest BCUT2D eigenvalue weighted by Crippen LogP contribution is -2.46. The number of carbonyl (C=O) groups excluding carboxylic acids is 2. The molecule has 1 aliphatic heterocycles. The molecule has 1 aliphatic rings. The highest BCUT2D eigenvalue weighted by Crippen LogP contribution is 2.33. The normalized spacial score (nSPS) is 14.2. The zero-order valence-corrected chi connectivity index (χ0v) is 18.2. The van der Waals surface area contributed by atoms with Crippen LogP contribution in [0.5, 0.6) is 0 Å². The van der Waals surface area contributed by atoms with Gasteiger partial charge in [-0.15, -0.1) is 0 Å². The molecule has 3 N–H and O–H groups in total. The largest absolute Gasteiger partial charge is 0.359 e. The molecule has 164 valence electrons. The summed E-state index contributed by atoms with van der Waals surface area (Å²) in [6.07, 6.45) is 4.84. The van der Waals surface area contributed by atoms with Crippen molar-refractivity contribution in [3.05, 3.63) is 41.2 Å². The standard InChI is InChI=1S/C22H22ClN7O2/c1-13(31)25-12-19(32)30-7-5-15(6-8-30)28-22-27-11-18(23)21(29-22)17-10-26-20-14(9-24)3-2-4-16(17)20/h2-4,10-11,15,26H,5-8,12H2,1H3,(H,25,31)(H,27,28,29). The third kappa shape index (κ3) is 4.50. The number of H-pyrrole nitrogens is 1. The molecule has 2 amide bonds. The molecule has 1 fully saturated rings. The van der Waals surface area contributed by atoms with Crippen LogP contribution in [-0.2, 0) is 9.59 Å². The van der Waals surface area contributed by atoms with Gasteiger partial charge in [-0.3, -0.25) is 9.59 Å². The van der Waals surface area contributed by atoms with E-state index in [-0.39, 0.29) is 24.4 Å². The minimum atomic E-state index is -0.218. The van der Waals surface area contributed by atoms with Gasteiger partial charge in [-0.2, -0.15) is 5.26 Å². The number of para-hydroxylation sites is 1. The first-order chi connectivity index (χ1) is 15.5.